The van der Waals surface area contributed by atoms with Crippen LogP contribution in [0, 0.1) is 0 Å². The van der Waals surface area contributed by atoms with Gasteiger partial charge >= 0.3 is 12.5 Å². The maximum atomic E-state index is 11.5. The molecule has 0 saturated carbocycles. The van der Waals surface area contributed by atoms with Crippen molar-refractivity contribution in [1.29, 1.82) is 0 Å². The summed E-state index contributed by atoms with van der Waals surface area (Å²) < 4.78 is 42.6. The molecule has 1 aliphatic rings. The molecule has 0 radical (unpaired) electrons. The smallest absolute Gasteiger partial charge is 0.447 e. The number of ether oxygens (including phenoxy) is 2. The van der Waals surface area contributed by atoms with Crippen LogP contribution in [0.1, 0.15) is 12.8 Å². The van der Waals surface area contributed by atoms with Gasteiger partial charge in [0.05, 0.1) is 6.61 Å². The number of hydrogen-bond donors (Lipinski definition) is 0. The topological polar surface area (TPSA) is 38.8 Å². The minimum atomic E-state index is -4.67. The molecule has 0 aromatic heterocycles. The summed E-state index contributed by atoms with van der Waals surface area (Å²) in [7, 11) is 0. The second-order valence-electron chi connectivity index (χ2n) is 3.10. The Labute approximate surface area is 84.9 Å². The molecule has 0 aromatic rings. The van der Waals surface area contributed by atoms with Crippen molar-refractivity contribution in [3.05, 3.63) is 0 Å². The van der Waals surface area contributed by atoms with Gasteiger partial charge in [0.2, 0.25) is 0 Å². The van der Waals surface area contributed by atoms with Crippen molar-refractivity contribution >= 4 is 6.09 Å². The van der Waals surface area contributed by atoms with E-state index in [-0.39, 0.29) is 6.61 Å². The zero-order valence-electron chi connectivity index (χ0n) is 8.05. The zero-order valence-corrected chi connectivity index (χ0v) is 8.05. The van der Waals surface area contributed by atoms with Crippen LogP contribution in [-0.4, -0.2) is 43.7 Å². The molecule has 0 bridgehead atoms. The minimum absolute atomic E-state index is 0.380. The fraction of sp³-hybridized carbons (Fsp3) is 0.875. The molecule has 0 N–H and O–H groups in total. The molecule has 15 heavy (non-hydrogen) atoms. The van der Waals surface area contributed by atoms with Crippen LogP contribution in [0.5, 0.6) is 0 Å². The van der Waals surface area contributed by atoms with E-state index < -0.39 is 19.1 Å². The van der Waals surface area contributed by atoms with E-state index in [0.717, 1.165) is 12.8 Å². The Balaban J connectivity index is 2.07. The first-order valence-corrected chi connectivity index (χ1v) is 4.61. The van der Waals surface area contributed by atoms with E-state index in [0.29, 0.717) is 13.1 Å². The molecule has 1 rings (SSSR count). The molecule has 1 fully saturated rings. The lowest BCUT2D eigenvalue weighted by atomic mass is 10.4. The third-order valence-corrected chi connectivity index (χ3v) is 1.94. The molecule has 1 heterocycles. The Hall–Kier alpha value is -0.980. The van der Waals surface area contributed by atoms with Crippen molar-refractivity contribution in [3.63, 3.8) is 0 Å². The van der Waals surface area contributed by atoms with Gasteiger partial charge < -0.3 is 9.64 Å². The third kappa shape index (κ3) is 4.87. The second kappa shape index (κ2) is 5.20. The SMILES string of the molecule is O=C(OCCOC(F)(F)F)N1CCCC1. The van der Waals surface area contributed by atoms with Gasteiger partial charge in [0.1, 0.15) is 6.61 Å². The predicted molar refractivity (Wildman–Crippen MR) is 44.2 cm³/mol. The van der Waals surface area contributed by atoms with Gasteiger partial charge in [0.15, 0.2) is 0 Å². The highest BCUT2D eigenvalue weighted by Crippen LogP contribution is 2.15. The minimum Gasteiger partial charge on any atom is -0.447 e. The fourth-order valence-electron chi connectivity index (χ4n) is 1.28. The highest BCUT2D eigenvalue weighted by Gasteiger charge is 2.29. The molecule has 0 aromatic carbocycles. The van der Waals surface area contributed by atoms with Crippen molar-refractivity contribution in [3.8, 4) is 0 Å². The van der Waals surface area contributed by atoms with Crippen LogP contribution < -0.4 is 0 Å². The largest absolute Gasteiger partial charge is 0.522 e. The van der Waals surface area contributed by atoms with Gasteiger partial charge in [-0.05, 0) is 12.8 Å². The molecule has 0 spiro atoms. The standard InChI is InChI=1S/C8H12F3NO3/c9-8(10,11)15-6-5-14-7(13)12-3-1-2-4-12/h1-6H2. The lowest BCUT2D eigenvalue weighted by molar-refractivity contribution is -0.326. The first-order chi connectivity index (χ1) is 6.99. The van der Waals surface area contributed by atoms with Gasteiger partial charge in [0.25, 0.3) is 0 Å². The van der Waals surface area contributed by atoms with Crippen molar-refractivity contribution in [2.45, 2.75) is 19.2 Å². The highest BCUT2D eigenvalue weighted by atomic mass is 19.4. The summed E-state index contributed by atoms with van der Waals surface area (Å²) in [4.78, 5) is 12.6. The maximum Gasteiger partial charge on any atom is 0.522 e. The molecule has 7 heteroatoms. The van der Waals surface area contributed by atoms with E-state index in [1.54, 1.807) is 0 Å². The third-order valence-electron chi connectivity index (χ3n) is 1.94. The van der Waals surface area contributed by atoms with Crippen molar-refractivity contribution in [1.82, 2.24) is 4.90 Å². The lowest BCUT2D eigenvalue weighted by Crippen LogP contribution is -2.29. The van der Waals surface area contributed by atoms with Gasteiger partial charge in [-0.25, -0.2) is 4.79 Å². The molecule has 88 valence electrons. The summed E-state index contributed by atoms with van der Waals surface area (Å²) in [6.45, 7) is 0.176. The van der Waals surface area contributed by atoms with Crippen molar-refractivity contribution in [2.24, 2.45) is 0 Å². The number of carbonyl (C=O) groups excluding carboxylic acids is 1. The number of hydrogen-bond acceptors (Lipinski definition) is 3. The van der Waals surface area contributed by atoms with E-state index in [2.05, 4.69) is 9.47 Å². The summed E-state index contributed by atoms with van der Waals surface area (Å²) in [5.74, 6) is 0. The summed E-state index contributed by atoms with van der Waals surface area (Å²) in [6.07, 6.45) is -3.42. The molecule has 4 nitrogen and oxygen atoms in total. The lowest BCUT2D eigenvalue weighted by Gasteiger charge is -2.15. The van der Waals surface area contributed by atoms with Crippen molar-refractivity contribution < 1.29 is 27.4 Å². The maximum absolute atomic E-state index is 11.5. The van der Waals surface area contributed by atoms with Crippen LogP contribution >= 0.6 is 0 Å². The van der Waals surface area contributed by atoms with Crippen molar-refractivity contribution in [2.75, 3.05) is 26.3 Å². The second-order valence-corrected chi connectivity index (χ2v) is 3.10. The highest BCUT2D eigenvalue weighted by molar-refractivity contribution is 5.67. The fourth-order valence-corrected chi connectivity index (χ4v) is 1.28. The summed E-state index contributed by atoms with van der Waals surface area (Å²) in [5, 5.41) is 0. The summed E-state index contributed by atoms with van der Waals surface area (Å²) in [5.41, 5.74) is 0. The number of amides is 1. The van der Waals surface area contributed by atoms with Crippen LogP contribution in [0.2, 0.25) is 0 Å². The molecule has 1 aliphatic heterocycles. The monoisotopic (exact) mass is 227 g/mol. The van der Waals surface area contributed by atoms with E-state index in [9.17, 15) is 18.0 Å². The molecular formula is C8H12F3NO3. The number of carbonyl (C=O) groups is 1. The Morgan fingerprint density at radius 2 is 1.80 bits per heavy atom. The number of alkyl halides is 3. The Morgan fingerprint density at radius 3 is 2.33 bits per heavy atom. The Bertz CT molecular complexity index is 214. The Morgan fingerprint density at radius 1 is 1.20 bits per heavy atom. The number of nitrogens with zero attached hydrogens (tertiary/aromatic N) is 1. The number of likely N-dealkylation sites (tertiary alicyclic amines) is 1. The summed E-state index contributed by atoms with van der Waals surface area (Å²) in [6, 6.07) is 0. The van der Waals surface area contributed by atoms with Gasteiger partial charge in [-0.15, -0.1) is 13.2 Å². The predicted octanol–water partition coefficient (Wildman–Crippen LogP) is 1.76. The van der Waals surface area contributed by atoms with Crippen LogP contribution in [0.4, 0.5) is 18.0 Å². The van der Waals surface area contributed by atoms with E-state index in [4.69, 9.17) is 0 Å². The van der Waals surface area contributed by atoms with Gasteiger partial charge in [0, 0.05) is 13.1 Å². The quantitative estimate of drug-likeness (QED) is 0.689. The van der Waals surface area contributed by atoms with Crippen LogP contribution in [0.25, 0.3) is 0 Å². The molecule has 1 amide bonds. The zero-order chi connectivity index (χ0) is 11.3. The molecule has 0 aliphatic carbocycles. The van der Waals surface area contributed by atoms with Crippen LogP contribution in [0.15, 0.2) is 0 Å². The normalized spacial score (nSPS) is 16.9. The number of rotatable bonds is 3. The molecule has 1 saturated heterocycles. The Kier molecular flexibility index (Phi) is 4.19. The van der Waals surface area contributed by atoms with Gasteiger partial charge in [-0.2, -0.15) is 0 Å². The molecule has 0 unspecified atom stereocenters. The van der Waals surface area contributed by atoms with E-state index in [1.165, 1.54) is 4.90 Å². The molecule has 0 atom stereocenters. The van der Waals surface area contributed by atoms with Crippen LogP contribution in [0.3, 0.4) is 0 Å². The van der Waals surface area contributed by atoms with E-state index >= 15 is 0 Å². The summed E-state index contributed by atoms with van der Waals surface area (Å²) >= 11 is 0. The van der Waals surface area contributed by atoms with E-state index in [1.807, 2.05) is 0 Å². The molecular weight excluding hydrogens is 215 g/mol. The van der Waals surface area contributed by atoms with Crippen LogP contribution in [-0.2, 0) is 9.47 Å². The number of halogens is 3. The average molecular weight is 227 g/mol. The average Bonchev–Trinajstić information content (AvgIpc) is 2.63. The first-order valence-electron chi connectivity index (χ1n) is 4.61. The van der Waals surface area contributed by atoms with Gasteiger partial charge in [-0.3, -0.25) is 4.74 Å². The first kappa shape index (κ1) is 12.1. The van der Waals surface area contributed by atoms with Gasteiger partial charge in [-0.1, -0.05) is 0 Å².